The number of nitrogens with one attached hydrogen (secondary N) is 2. The molecule has 4 heterocycles. The van der Waals surface area contributed by atoms with Crippen molar-refractivity contribution in [3.63, 3.8) is 0 Å². The van der Waals surface area contributed by atoms with E-state index in [9.17, 15) is 4.79 Å². The van der Waals surface area contributed by atoms with Crippen molar-refractivity contribution in [3.05, 3.63) is 22.8 Å². The van der Waals surface area contributed by atoms with Crippen LogP contribution in [0.4, 0.5) is 5.82 Å². The van der Waals surface area contributed by atoms with Crippen molar-refractivity contribution in [2.75, 3.05) is 32.0 Å². The Morgan fingerprint density at radius 1 is 1.40 bits per heavy atom. The highest BCUT2D eigenvalue weighted by molar-refractivity contribution is 6.29. The predicted molar refractivity (Wildman–Crippen MR) is 79.2 cm³/mol. The SMILES string of the molecule is CNc1cc(C(=O)NC2CN3CCC2CC3)cc(Cl)n1. The van der Waals surface area contributed by atoms with Crippen LogP contribution >= 0.6 is 11.6 Å². The van der Waals surface area contributed by atoms with Gasteiger partial charge in [0.1, 0.15) is 11.0 Å². The van der Waals surface area contributed by atoms with Crippen molar-refractivity contribution in [2.24, 2.45) is 5.92 Å². The average molecular weight is 295 g/mol. The number of piperidine rings is 3. The van der Waals surface area contributed by atoms with Crippen LogP contribution in [0, 0.1) is 5.92 Å². The highest BCUT2D eigenvalue weighted by Gasteiger charge is 2.34. The van der Waals surface area contributed by atoms with Crippen LogP contribution in [0.25, 0.3) is 0 Å². The summed E-state index contributed by atoms with van der Waals surface area (Å²) in [6, 6.07) is 3.59. The molecule has 3 saturated heterocycles. The van der Waals surface area contributed by atoms with E-state index in [1.54, 1.807) is 19.2 Å². The highest BCUT2D eigenvalue weighted by Crippen LogP contribution is 2.27. The number of carbonyl (C=O) groups is 1. The second-order valence-electron chi connectivity index (χ2n) is 5.53. The van der Waals surface area contributed by atoms with Crippen LogP contribution < -0.4 is 10.6 Å². The normalized spacial score (nSPS) is 28.2. The van der Waals surface area contributed by atoms with Gasteiger partial charge in [0.25, 0.3) is 5.91 Å². The van der Waals surface area contributed by atoms with E-state index < -0.39 is 0 Å². The molecule has 1 unspecified atom stereocenters. The number of nitrogens with zero attached hydrogens (tertiary/aromatic N) is 2. The van der Waals surface area contributed by atoms with E-state index in [4.69, 9.17) is 11.6 Å². The van der Waals surface area contributed by atoms with E-state index in [0.29, 0.717) is 22.5 Å². The topological polar surface area (TPSA) is 57.3 Å². The van der Waals surface area contributed by atoms with Gasteiger partial charge >= 0.3 is 0 Å². The van der Waals surface area contributed by atoms with E-state index >= 15 is 0 Å². The first kappa shape index (κ1) is 13.6. The van der Waals surface area contributed by atoms with Crippen molar-refractivity contribution in [1.82, 2.24) is 15.2 Å². The Hall–Kier alpha value is -1.33. The third-order valence-corrected chi connectivity index (χ3v) is 4.48. The number of hydrogen-bond donors (Lipinski definition) is 2. The van der Waals surface area contributed by atoms with E-state index in [1.807, 2.05) is 0 Å². The van der Waals surface area contributed by atoms with Crippen LogP contribution in [0.1, 0.15) is 23.2 Å². The number of fused-ring (bicyclic) bond motifs is 3. The lowest BCUT2D eigenvalue weighted by Crippen LogP contribution is -2.57. The molecular formula is C14H19ClN4O. The van der Waals surface area contributed by atoms with E-state index in [2.05, 4.69) is 20.5 Å². The molecule has 6 heteroatoms. The molecule has 0 spiro atoms. The first-order valence-corrected chi connectivity index (χ1v) is 7.42. The molecule has 0 radical (unpaired) electrons. The van der Waals surface area contributed by atoms with Gasteiger partial charge in [-0.15, -0.1) is 0 Å². The quantitative estimate of drug-likeness (QED) is 0.832. The molecule has 0 saturated carbocycles. The molecule has 3 fully saturated rings. The lowest BCUT2D eigenvalue weighted by atomic mass is 9.84. The molecule has 1 atom stereocenters. The Bertz CT molecular complexity index is 514. The fourth-order valence-corrected chi connectivity index (χ4v) is 3.34. The molecule has 1 aromatic rings. The van der Waals surface area contributed by atoms with Crippen LogP contribution in [0.3, 0.4) is 0 Å². The van der Waals surface area contributed by atoms with Crippen LogP contribution in [0.15, 0.2) is 12.1 Å². The van der Waals surface area contributed by atoms with Gasteiger partial charge in [-0.2, -0.15) is 0 Å². The number of amides is 1. The molecule has 0 aromatic carbocycles. The summed E-state index contributed by atoms with van der Waals surface area (Å²) in [5.41, 5.74) is 0.561. The van der Waals surface area contributed by atoms with Crippen LogP contribution in [0.2, 0.25) is 5.15 Å². The Labute approximate surface area is 123 Å². The van der Waals surface area contributed by atoms with Gasteiger partial charge in [0, 0.05) is 25.2 Å². The zero-order valence-corrected chi connectivity index (χ0v) is 12.3. The molecule has 2 N–H and O–H groups in total. The number of pyridine rings is 1. The summed E-state index contributed by atoms with van der Waals surface area (Å²) in [5, 5.41) is 6.39. The van der Waals surface area contributed by atoms with Gasteiger partial charge in [0.2, 0.25) is 0 Å². The molecule has 2 bridgehead atoms. The largest absolute Gasteiger partial charge is 0.373 e. The zero-order chi connectivity index (χ0) is 14.1. The number of rotatable bonds is 3. The third-order valence-electron chi connectivity index (χ3n) is 4.29. The van der Waals surface area contributed by atoms with Gasteiger partial charge in [-0.3, -0.25) is 4.79 Å². The van der Waals surface area contributed by atoms with Gasteiger partial charge < -0.3 is 15.5 Å². The second kappa shape index (κ2) is 5.58. The molecule has 108 valence electrons. The number of aromatic nitrogens is 1. The summed E-state index contributed by atoms with van der Waals surface area (Å²) in [4.78, 5) is 18.9. The van der Waals surface area contributed by atoms with Crippen molar-refractivity contribution < 1.29 is 4.79 Å². The lowest BCUT2D eigenvalue weighted by Gasteiger charge is -2.44. The smallest absolute Gasteiger partial charge is 0.251 e. The average Bonchev–Trinajstić information content (AvgIpc) is 2.47. The maximum Gasteiger partial charge on any atom is 0.251 e. The predicted octanol–water partition coefficient (Wildman–Crippen LogP) is 1.60. The highest BCUT2D eigenvalue weighted by atomic mass is 35.5. The molecule has 0 aliphatic carbocycles. The van der Waals surface area contributed by atoms with Gasteiger partial charge in [-0.25, -0.2) is 4.98 Å². The fourth-order valence-electron chi connectivity index (χ4n) is 3.14. The summed E-state index contributed by atoms with van der Waals surface area (Å²) >= 11 is 5.94. The molecule has 5 nitrogen and oxygen atoms in total. The Morgan fingerprint density at radius 3 is 2.75 bits per heavy atom. The minimum absolute atomic E-state index is 0.0652. The van der Waals surface area contributed by atoms with Gasteiger partial charge in [-0.1, -0.05) is 11.6 Å². The lowest BCUT2D eigenvalue weighted by molar-refractivity contribution is 0.0620. The van der Waals surface area contributed by atoms with Crippen molar-refractivity contribution in [1.29, 1.82) is 0 Å². The third kappa shape index (κ3) is 2.74. The summed E-state index contributed by atoms with van der Waals surface area (Å²) in [6.45, 7) is 3.30. The summed E-state index contributed by atoms with van der Waals surface area (Å²) in [6.07, 6.45) is 2.37. The zero-order valence-electron chi connectivity index (χ0n) is 11.5. The van der Waals surface area contributed by atoms with Crippen molar-refractivity contribution in [3.8, 4) is 0 Å². The van der Waals surface area contributed by atoms with Crippen LogP contribution in [-0.2, 0) is 0 Å². The maximum absolute atomic E-state index is 12.4. The second-order valence-corrected chi connectivity index (χ2v) is 5.92. The molecule has 4 rings (SSSR count). The fraction of sp³-hybridized carbons (Fsp3) is 0.571. The number of halogens is 1. The molecule has 1 aromatic heterocycles. The van der Waals surface area contributed by atoms with Gasteiger partial charge in [0.15, 0.2) is 0 Å². The molecular weight excluding hydrogens is 276 g/mol. The number of hydrogen-bond acceptors (Lipinski definition) is 4. The standard InChI is InChI=1S/C14H19ClN4O/c1-16-13-7-10(6-12(15)18-13)14(20)17-11-8-19-4-2-9(11)3-5-19/h6-7,9,11H,2-5,8H2,1H3,(H,16,18)(H,17,20). The molecule has 1 amide bonds. The Morgan fingerprint density at radius 2 is 2.15 bits per heavy atom. The monoisotopic (exact) mass is 294 g/mol. The minimum Gasteiger partial charge on any atom is -0.373 e. The van der Waals surface area contributed by atoms with E-state index in [-0.39, 0.29) is 11.9 Å². The van der Waals surface area contributed by atoms with E-state index in [0.717, 1.165) is 6.54 Å². The molecule has 3 aliphatic rings. The number of anilines is 1. The van der Waals surface area contributed by atoms with Crippen molar-refractivity contribution in [2.45, 2.75) is 18.9 Å². The van der Waals surface area contributed by atoms with E-state index in [1.165, 1.54) is 25.9 Å². The molecule has 20 heavy (non-hydrogen) atoms. The van der Waals surface area contributed by atoms with Crippen LogP contribution in [0.5, 0.6) is 0 Å². The minimum atomic E-state index is -0.0652. The maximum atomic E-state index is 12.4. The number of carbonyl (C=O) groups excluding carboxylic acids is 1. The molecule has 3 aliphatic heterocycles. The summed E-state index contributed by atoms with van der Waals surface area (Å²) in [5.74, 6) is 1.16. The summed E-state index contributed by atoms with van der Waals surface area (Å²) in [7, 11) is 1.76. The summed E-state index contributed by atoms with van der Waals surface area (Å²) < 4.78 is 0. The van der Waals surface area contributed by atoms with Gasteiger partial charge in [0.05, 0.1) is 0 Å². The first-order valence-electron chi connectivity index (χ1n) is 7.04. The Kier molecular flexibility index (Phi) is 3.81. The van der Waals surface area contributed by atoms with Crippen LogP contribution in [-0.4, -0.2) is 48.5 Å². The first-order chi connectivity index (χ1) is 9.65. The Balaban J connectivity index is 1.71. The van der Waals surface area contributed by atoms with Crippen molar-refractivity contribution >= 4 is 23.3 Å². The van der Waals surface area contributed by atoms with Gasteiger partial charge in [-0.05, 0) is 44.0 Å².